The van der Waals surface area contributed by atoms with E-state index >= 15 is 0 Å². The van der Waals surface area contributed by atoms with Gasteiger partial charge in [-0.2, -0.15) is 22.2 Å². The van der Waals surface area contributed by atoms with Crippen molar-refractivity contribution in [1.82, 2.24) is 0 Å². The summed E-state index contributed by atoms with van der Waals surface area (Å²) >= 11 is 23.2. The van der Waals surface area contributed by atoms with Crippen molar-refractivity contribution in [2.75, 3.05) is 0 Å². The third kappa shape index (κ3) is 6.31. The van der Waals surface area contributed by atoms with Crippen molar-refractivity contribution in [1.29, 1.82) is 0 Å². The molecule has 0 saturated heterocycles. The highest BCUT2D eigenvalue weighted by Crippen LogP contribution is 2.31. The van der Waals surface area contributed by atoms with E-state index in [1.807, 2.05) is 13.5 Å². The van der Waals surface area contributed by atoms with Crippen LogP contribution >= 0.6 is 44.3 Å². The van der Waals surface area contributed by atoms with E-state index in [0.29, 0.717) is 5.54 Å². The summed E-state index contributed by atoms with van der Waals surface area (Å²) in [4.78, 5) is 0. The van der Waals surface area contributed by atoms with Gasteiger partial charge in [0.2, 0.25) is 14.1 Å². The molecule has 6 heteroatoms. The standard InChI is InChI=1S/C4H10Cl4Si2/c1-4(9(5)6)3-10(2,7)8/h4,9H,3H2,1-2H3. The Morgan fingerprint density at radius 3 is 1.90 bits per heavy atom. The van der Waals surface area contributed by atoms with Gasteiger partial charge in [-0.15, -0.1) is 22.2 Å². The van der Waals surface area contributed by atoms with E-state index in [1.54, 1.807) is 0 Å². The van der Waals surface area contributed by atoms with Gasteiger partial charge in [0, 0.05) is 0 Å². The van der Waals surface area contributed by atoms with E-state index in [4.69, 9.17) is 44.3 Å². The fraction of sp³-hybridized carbons (Fsp3) is 1.00. The van der Waals surface area contributed by atoms with Crippen molar-refractivity contribution in [3.63, 3.8) is 0 Å². The van der Waals surface area contributed by atoms with Crippen LogP contribution in [0.5, 0.6) is 0 Å². The first-order valence-electron chi connectivity index (χ1n) is 2.99. The molecule has 0 aromatic rings. The molecule has 0 amide bonds. The Morgan fingerprint density at radius 2 is 1.80 bits per heavy atom. The van der Waals surface area contributed by atoms with Gasteiger partial charge in [0.15, 0.2) is 0 Å². The van der Waals surface area contributed by atoms with Crippen LogP contribution in [0.2, 0.25) is 18.1 Å². The highest BCUT2D eigenvalue weighted by atomic mass is 35.7. The second-order valence-corrected chi connectivity index (χ2v) is 16.0. The Labute approximate surface area is 83.2 Å². The van der Waals surface area contributed by atoms with Crippen LogP contribution in [0.3, 0.4) is 0 Å². The molecular formula is C4H10Cl4Si2. The minimum absolute atomic E-state index is 0.329. The first kappa shape index (κ1) is 11.6. The Hall–Kier alpha value is 1.59. The van der Waals surface area contributed by atoms with Crippen molar-refractivity contribution < 1.29 is 0 Å². The predicted octanol–water partition coefficient (Wildman–Crippen LogP) is 3.62. The quantitative estimate of drug-likeness (QED) is 0.534. The van der Waals surface area contributed by atoms with E-state index in [-0.39, 0.29) is 0 Å². The molecule has 0 aliphatic rings. The smallest absolute Gasteiger partial charge is 0.150 e. The molecule has 62 valence electrons. The maximum atomic E-state index is 5.88. The largest absolute Gasteiger partial charge is 0.248 e. The Balaban J connectivity index is 3.68. The molecule has 0 aliphatic heterocycles. The Kier molecular flexibility index (Phi) is 5.31. The molecule has 0 aliphatic carbocycles. The number of hydrogen-bond donors (Lipinski definition) is 0. The minimum Gasteiger partial charge on any atom is -0.150 e. The third-order valence-electron chi connectivity index (χ3n) is 1.11. The molecule has 1 atom stereocenters. The fourth-order valence-corrected chi connectivity index (χ4v) is 7.87. The summed E-state index contributed by atoms with van der Waals surface area (Å²) in [6, 6.07) is 0.806. The Morgan fingerprint density at radius 1 is 1.40 bits per heavy atom. The van der Waals surface area contributed by atoms with Gasteiger partial charge >= 0.3 is 0 Å². The van der Waals surface area contributed by atoms with Crippen molar-refractivity contribution in [2.45, 2.75) is 25.1 Å². The fourth-order valence-electron chi connectivity index (χ4n) is 0.654. The van der Waals surface area contributed by atoms with E-state index in [2.05, 4.69) is 0 Å². The van der Waals surface area contributed by atoms with Gasteiger partial charge in [-0.05, 0) is 18.1 Å². The van der Waals surface area contributed by atoms with Gasteiger partial charge in [0.05, 0.1) is 0 Å². The Bertz CT molecular complexity index is 99.9. The zero-order valence-corrected chi connectivity index (χ0v) is 11.1. The van der Waals surface area contributed by atoms with Crippen LogP contribution in [0.4, 0.5) is 0 Å². The first-order valence-corrected chi connectivity index (χ1v) is 11.9. The molecular weight excluding hydrogens is 246 g/mol. The average Bonchev–Trinajstić information content (AvgIpc) is 1.60. The molecule has 0 saturated carbocycles. The molecule has 10 heavy (non-hydrogen) atoms. The van der Waals surface area contributed by atoms with Crippen molar-refractivity contribution >= 4 is 58.4 Å². The van der Waals surface area contributed by atoms with Crippen molar-refractivity contribution in [3.8, 4) is 0 Å². The molecule has 0 N–H and O–H groups in total. The molecule has 0 heterocycles. The second-order valence-electron chi connectivity index (χ2n) is 2.59. The maximum absolute atomic E-state index is 5.88. The molecule has 1 unspecified atom stereocenters. The normalized spacial score (nSPS) is 15.9. The first-order chi connectivity index (χ1) is 4.33. The van der Waals surface area contributed by atoms with Crippen molar-refractivity contribution in [2.24, 2.45) is 0 Å². The molecule has 0 aromatic heterocycles. The zero-order chi connectivity index (χ0) is 8.36. The molecule has 0 rings (SSSR count). The molecule has 0 radical (unpaired) electrons. The summed E-state index contributed by atoms with van der Waals surface area (Å²) < 4.78 is 0. The lowest BCUT2D eigenvalue weighted by atomic mass is 10.6. The average molecular weight is 256 g/mol. The lowest BCUT2D eigenvalue weighted by Crippen LogP contribution is -2.18. The highest BCUT2D eigenvalue weighted by Gasteiger charge is 2.27. The van der Waals surface area contributed by atoms with Crippen LogP contribution in [0.15, 0.2) is 0 Å². The second kappa shape index (κ2) is 4.58. The van der Waals surface area contributed by atoms with Crippen LogP contribution < -0.4 is 0 Å². The monoisotopic (exact) mass is 254 g/mol. The lowest BCUT2D eigenvalue weighted by molar-refractivity contribution is 1.05. The van der Waals surface area contributed by atoms with E-state index < -0.39 is 14.1 Å². The SMILES string of the molecule is CC(C[Si](C)(Cl)Cl)[SiH](Cl)Cl. The summed E-state index contributed by atoms with van der Waals surface area (Å²) in [5, 5.41) is 0. The molecule has 0 aromatic carbocycles. The van der Waals surface area contributed by atoms with Gasteiger partial charge < -0.3 is 0 Å². The minimum atomic E-state index is -1.97. The number of rotatable bonds is 3. The highest BCUT2D eigenvalue weighted by molar-refractivity contribution is 7.45. The molecule has 0 spiro atoms. The van der Waals surface area contributed by atoms with Crippen LogP contribution in [-0.2, 0) is 0 Å². The van der Waals surface area contributed by atoms with E-state index in [1.165, 1.54) is 0 Å². The van der Waals surface area contributed by atoms with Gasteiger partial charge in [0.25, 0.3) is 0 Å². The van der Waals surface area contributed by atoms with Gasteiger partial charge in [-0.3, -0.25) is 0 Å². The molecule has 0 nitrogen and oxygen atoms in total. The zero-order valence-electron chi connectivity index (χ0n) is 5.87. The number of halogens is 4. The van der Waals surface area contributed by atoms with Gasteiger partial charge in [0.1, 0.15) is 0 Å². The summed E-state index contributed by atoms with van der Waals surface area (Å²) in [7, 11) is -1.55. The van der Waals surface area contributed by atoms with Crippen LogP contribution in [0.1, 0.15) is 6.92 Å². The van der Waals surface area contributed by atoms with Crippen LogP contribution in [0.25, 0.3) is 0 Å². The van der Waals surface area contributed by atoms with Gasteiger partial charge in [-0.1, -0.05) is 6.92 Å². The number of hydrogen-bond acceptors (Lipinski definition) is 0. The predicted molar refractivity (Wildman–Crippen MR) is 56.4 cm³/mol. The summed E-state index contributed by atoms with van der Waals surface area (Å²) in [6.45, 7) is 1.92. The van der Waals surface area contributed by atoms with Crippen LogP contribution in [0, 0.1) is 0 Å². The summed E-state index contributed by atoms with van der Waals surface area (Å²) in [6.07, 6.45) is 0. The summed E-state index contributed by atoms with van der Waals surface area (Å²) in [5.41, 5.74) is 0.329. The van der Waals surface area contributed by atoms with Crippen LogP contribution in [-0.4, -0.2) is 14.1 Å². The maximum Gasteiger partial charge on any atom is 0.248 e. The van der Waals surface area contributed by atoms with Gasteiger partial charge in [-0.25, -0.2) is 0 Å². The van der Waals surface area contributed by atoms with Crippen molar-refractivity contribution in [3.05, 3.63) is 0 Å². The third-order valence-corrected chi connectivity index (χ3v) is 7.55. The van der Waals surface area contributed by atoms with E-state index in [0.717, 1.165) is 6.04 Å². The van der Waals surface area contributed by atoms with E-state index in [9.17, 15) is 0 Å². The topological polar surface area (TPSA) is 0 Å². The lowest BCUT2D eigenvalue weighted by Gasteiger charge is -2.16. The summed E-state index contributed by atoms with van der Waals surface area (Å²) in [5.74, 6) is 0. The molecule has 0 fully saturated rings. The molecule has 0 bridgehead atoms.